The third-order valence-electron chi connectivity index (χ3n) is 1.83. The molecule has 0 amide bonds. The molecule has 0 saturated carbocycles. The van der Waals surface area contributed by atoms with Crippen LogP contribution in [0.4, 0.5) is 0 Å². The number of nitrogens with zero attached hydrogens (tertiary/aromatic N) is 1. The Labute approximate surface area is 89.1 Å². The molecule has 0 spiro atoms. The number of hydrogen-bond donors (Lipinski definition) is 0. The molecule has 74 valence electrons. The minimum absolute atomic E-state index is 0.534. The molecule has 0 N–H and O–H groups in total. The van der Waals surface area contributed by atoms with Crippen LogP contribution in [0.1, 0.15) is 18.4 Å². The average molecular weight is 210 g/mol. The number of unbranched alkanes of at least 4 members (excludes halogenated alkanes) is 1. The van der Waals surface area contributed by atoms with Crippen LogP contribution in [0.3, 0.4) is 0 Å². The molecule has 0 atom stereocenters. The van der Waals surface area contributed by atoms with Crippen molar-refractivity contribution in [2.75, 3.05) is 6.61 Å². The molecule has 0 radical (unpaired) electrons. The average Bonchev–Trinajstić information content (AvgIpc) is 2.15. The highest BCUT2D eigenvalue weighted by Gasteiger charge is 1.99. The highest BCUT2D eigenvalue weighted by Crippen LogP contribution is 2.21. The van der Waals surface area contributed by atoms with E-state index in [9.17, 15) is 0 Å². The fourth-order valence-electron chi connectivity index (χ4n) is 1.11. The van der Waals surface area contributed by atoms with Gasteiger partial charge in [0.05, 0.1) is 12.7 Å². The molecule has 1 aromatic rings. The molecular weight excluding hydrogens is 198 g/mol. The van der Waals surface area contributed by atoms with E-state index in [0.717, 1.165) is 17.7 Å². The van der Waals surface area contributed by atoms with Crippen LogP contribution in [0.5, 0.6) is 5.75 Å². The fourth-order valence-corrected chi connectivity index (χ4v) is 1.33. The minimum Gasteiger partial charge on any atom is -0.493 e. The summed E-state index contributed by atoms with van der Waals surface area (Å²) >= 11 is 5.80. The zero-order valence-electron chi connectivity index (χ0n) is 8.09. The quantitative estimate of drug-likeness (QED) is 0.713. The van der Waals surface area contributed by atoms with Gasteiger partial charge in [0.2, 0.25) is 0 Å². The molecule has 0 unspecified atom stereocenters. The SMILES string of the molecule is Cc1cc(Cl)ccc1OCCCC#N. The standard InChI is InChI=1S/C11H12ClNO/c1-9-8-10(12)4-5-11(9)14-7-3-2-6-13/h4-5,8H,2-3,7H2,1H3. The van der Waals surface area contributed by atoms with Gasteiger partial charge in [0.25, 0.3) is 0 Å². The first kappa shape index (κ1) is 10.9. The van der Waals surface area contributed by atoms with Crippen molar-refractivity contribution in [3.63, 3.8) is 0 Å². The number of rotatable bonds is 4. The summed E-state index contributed by atoms with van der Waals surface area (Å²) in [7, 11) is 0. The molecule has 0 aliphatic carbocycles. The van der Waals surface area contributed by atoms with E-state index in [4.69, 9.17) is 21.6 Å². The van der Waals surface area contributed by atoms with Gasteiger partial charge in [-0.3, -0.25) is 0 Å². The van der Waals surface area contributed by atoms with Crippen molar-refractivity contribution >= 4 is 11.6 Å². The maximum absolute atomic E-state index is 8.33. The van der Waals surface area contributed by atoms with Gasteiger partial charge in [-0.1, -0.05) is 11.6 Å². The summed E-state index contributed by atoms with van der Waals surface area (Å²) in [6.07, 6.45) is 1.30. The van der Waals surface area contributed by atoms with E-state index in [1.807, 2.05) is 19.1 Å². The van der Waals surface area contributed by atoms with Crippen LogP contribution in [0.25, 0.3) is 0 Å². The Bertz CT molecular complexity index is 344. The maximum atomic E-state index is 8.33. The van der Waals surface area contributed by atoms with Crippen molar-refractivity contribution in [2.24, 2.45) is 0 Å². The summed E-state index contributed by atoms with van der Waals surface area (Å²) in [4.78, 5) is 0. The lowest BCUT2D eigenvalue weighted by atomic mass is 10.2. The van der Waals surface area contributed by atoms with Gasteiger partial charge < -0.3 is 4.74 Å². The van der Waals surface area contributed by atoms with Gasteiger partial charge in [-0.05, 0) is 37.1 Å². The second-order valence-corrected chi connectivity index (χ2v) is 3.46. The molecule has 0 aliphatic rings. The van der Waals surface area contributed by atoms with Crippen molar-refractivity contribution in [2.45, 2.75) is 19.8 Å². The van der Waals surface area contributed by atoms with Crippen molar-refractivity contribution in [1.82, 2.24) is 0 Å². The van der Waals surface area contributed by atoms with E-state index in [-0.39, 0.29) is 0 Å². The van der Waals surface area contributed by atoms with Crippen LogP contribution in [0, 0.1) is 18.3 Å². The van der Waals surface area contributed by atoms with E-state index in [2.05, 4.69) is 6.07 Å². The van der Waals surface area contributed by atoms with Gasteiger partial charge >= 0.3 is 0 Å². The molecule has 1 aromatic carbocycles. The molecule has 0 aliphatic heterocycles. The first-order chi connectivity index (χ1) is 6.74. The number of benzene rings is 1. The Hall–Kier alpha value is -1.20. The summed E-state index contributed by atoms with van der Waals surface area (Å²) in [6, 6.07) is 7.59. The molecule has 3 heteroatoms. The van der Waals surface area contributed by atoms with Gasteiger partial charge in [-0.2, -0.15) is 5.26 Å². The summed E-state index contributed by atoms with van der Waals surface area (Å²) in [5, 5.41) is 9.05. The van der Waals surface area contributed by atoms with E-state index in [1.165, 1.54) is 0 Å². The monoisotopic (exact) mass is 209 g/mol. The van der Waals surface area contributed by atoms with Gasteiger partial charge in [0.15, 0.2) is 0 Å². The molecule has 14 heavy (non-hydrogen) atoms. The van der Waals surface area contributed by atoms with E-state index < -0.39 is 0 Å². The molecule has 0 fully saturated rings. The van der Waals surface area contributed by atoms with Crippen LogP contribution in [0.15, 0.2) is 18.2 Å². The number of ether oxygens (including phenoxy) is 1. The van der Waals surface area contributed by atoms with Crippen molar-refractivity contribution in [3.8, 4) is 11.8 Å². The third-order valence-corrected chi connectivity index (χ3v) is 2.06. The molecule has 0 aromatic heterocycles. The number of halogens is 1. The Balaban J connectivity index is 2.47. The summed E-state index contributed by atoms with van der Waals surface area (Å²) in [5.74, 6) is 0.840. The predicted octanol–water partition coefficient (Wildman–Crippen LogP) is 3.33. The Kier molecular flexibility index (Phi) is 4.28. The maximum Gasteiger partial charge on any atom is 0.122 e. The van der Waals surface area contributed by atoms with Crippen molar-refractivity contribution in [1.29, 1.82) is 5.26 Å². The molecule has 0 bridgehead atoms. The highest BCUT2D eigenvalue weighted by atomic mass is 35.5. The van der Waals surface area contributed by atoms with E-state index in [1.54, 1.807) is 6.07 Å². The number of hydrogen-bond acceptors (Lipinski definition) is 2. The zero-order valence-corrected chi connectivity index (χ0v) is 8.84. The lowest BCUT2D eigenvalue weighted by Crippen LogP contribution is -1.98. The Morgan fingerprint density at radius 1 is 1.50 bits per heavy atom. The van der Waals surface area contributed by atoms with Crippen LogP contribution < -0.4 is 4.74 Å². The van der Waals surface area contributed by atoms with Gasteiger partial charge in [-0.15, -0.1) is 0 Å². The van der Waals surface area contributed by atoms with Crippen molar-refractivity contribution in [3.05, 3.63) is 28.8 Å². The Morgan fingerprint density at radius 3 is 2.93 bits per heavy atom. The fraction of sp³-hybridized carbons (Fsp3) is 0.364. The summed E-state index contributed by atoms with van der Waals surface area (Å²) < 4.78 is 5.48. The number of nitriles is 1. The minimum atomic E-state index is 0.534. The topological polar surface area (TPSA) is 33.0 Å². The lowest BCUT2D eigenvalue weighted by molar-refractivity contribution is 0.310. The predicted molar refractivity (Wildman–Crippen MR) is 56.5 cm³/mol. The molecule has 1 rings (SSSR count). The van der Waals surface area contributed by atoms with Crippen LogP contribution in [0.2, 0.25) is 5.02 Å². The van der Waals surface area contributed by atoms with Crippen LogP contribution in [-0.2, 0) is 0 Å². The molecule has 0 saturated heterocycles. The smallest absolute Gasteiger partial charge is 0.122 e. The molecular formula is C11H12ClNO. The summed E-state index contributed by atoms with van der Waals surface area (Å²) in [6.45, 7) is 2.53. The first-order valence-electron chi connectivity index (χ1n) is 4.50. The highest BCUT2D eigenvalue weighted by molar-refractivity contribution is 6.30. The normalized spacial score (nSPS) is 9.50. The van der Waals surface area contributed by atoms with E-state index in [0.29, 0.717) is 18.1 Å². The Morgan fingerprint density at radius 2 is 2.29 bits per heavy atom. The van der Waals surface area contributed by atoms with Gasteiger partial charge in [-0.25, -0.2) is 0 Å². The lowest BCUT2D eigenvalue weighted by Gasteiger charge is -2.07. The van der Waals surface area contributed by atoms with E-state index >= 15 is 0 Å². The van der Waals surface area contributed by atoms with Crippen LogP contribution in [-0.4, -0.2) is 6.61 Å². The van der Waals surface area contributed by atoms with Crippen molar-refractivity contribution < 1.29 is 4.74 Å². The summed E-state index contributed by atoms with van der Waals surface area (Å²) in [5.41, 5.74) is 1.02. The van der Waals surface area contributed by atoms with Gasteiger partial charge in [0, 0.05) is 11.4 Å². The third kappa shape index (κ3) is 3.27. The second kappa shape index (κ2) is 5.51. The first-order valence-corrected chi connectivity index (χ1v) is 4.87. The second-order valence-electron chi connectivity index (χ2n) is 3.02. The van der Waals surface area contributed by atoms with Crippen LogP contribution >= 0.6 is 11.6 Å². The molecule has 0 heterocycles. The largest absolute Gasteiger partial charge is 0.493 e. The van der Waals surface area contributed by atoms with Gasteiger partial charge in [0.1, 0.15) is 5.75 Å². The molecule has 2 nitrogen and oxygen atoms in total. The number of aryl methyl sites for hydroxylation is 1. The zero-order chi connectivity index (χ0) is 10.4.